The highest BCUT2D eigenvalue weighted by molar-refractivity contribution is 6.31. The van der Waals surface area contributed by atoms with Gasteiger partial charge in [-0.1, -0.05) is 41.9 Å². The van der Waals surface area contributed by atoms with E-state index < -0.39 is 5.91 Å². The van der Waals surface area contributed by atoms with E-state index in [1.54, 1.807) is 24.3 Å². The van der Waals surface area contributed by atoms with E-state index in [0.29, 0.717) is 22.5 Å². The number of fused-ring (bicyclic) bond motifs is 1. The van der Waals surface area contributed by atoms with Gasteiger partial charge in [0.2, 0.25) is 0 Å². The van der Waals surface area contributed by atoms with Crippen LogP contribution in [0.25, 0.3) is 11.0 Å². The molecule has 2 aromatic carbocycles. The number of halogens is 1. The average molecular weight is 397 g/mol. The van der Waals surface area contributed by atoms with Gasteiger partial charge in [-0.15, -0.1) is 0 Å². The lowest BCUT2D eigenvalue weighted by atomic mass is 10.1. The minimum Gasteiger partial charge on any atom is -0.451 e. The fourth-order valence-electron chi connectivity index (χ4n) is 3.73. The molecule has 1 aliphatic heterocycles. The number of carbonyl (C=O) groups excluding carboxylic acids is 1. The quantitative estimate of drug-likeness (QED) is 0.707. The van der Waals surface area contributed by atoms with Crippen molar-refractivity contribution in [3.63, 3.8) is 0 Å². The maximum absolute atomic E-state index is 12.7. The van der Waals surface area contributed by atoms with Gasteiger partial charge in [-0.25, -0.2) is 0 Å². The first-order valence-corrected chi connectivity index (χ1v) is 9.81. The highest BCUT2D eigenvalue weighted by Crippen LogP contribution is 2.29. The number of nitrogens with zero attached hydrogens (tertiary/aromatic N) is 1. The highest BCUT2D eigenvalue weighted by atomic mass is 35.5. The number of likely N-dealkylation sites (tertiary alicyclic amines) is 1. The Kier molecular flexibility index (Phi) is 5.46. The van der Waals surface area contributed by atoms with Crippen molar-refractivity contribution in [1.29, 1.82) is 0 Å². The van der Waals surface area contributed by atoms with E-state index in [4.69, 9.17) is 16.0 Å². The summed E-state index contributed by atoms with van der Waals surface area (Å²) in [5, 5.41) is 4.07. The zero-order valence-corrected chi connectivity index (χ0v) is 16.1. The lowest BCUT2D eigenvalue weighted by molar-refractivity contribution is 0.0910. The number of para-hydroxylation sites is 1. The van der Waals surface area contributed by atoms with Gasteiger partial charge in [-0.05, 0) is 49.7 Å². The summed E-state index contributed by atoms with van der Waals surface area (Å²) < 4.78 is 5.64. The van der Waals surface area contributed by atoms with Crippen LogP contribution in [-0.2, 0) is 0 Å². The molecule has 1 aliphatic rings. The normalized spacial score (nSPS) is 15.6. The monoisotopic (exact) mass is 396 g/mol. The zero-order chi connectivity index (χ0) is 19.5. The maximum Gasteiger partial charge on any atom is 0.287 e. The van der Waals surface area contributed by atoms with Crippen molar-refractivity contribution in [1.82, 2.24) is 10.2 Å². The molecular weight excluding hydrogens is 376 g/mol. The number of carbonyl (C=O) groups is 1. The number of amides is 1. The minimum atomic E-state index is -0.404. The molecule has 144 valence electrons. The van der Waals surface area contributed by atoms with Crippen LogP contribution >= 0.6 is 11.6 Å². The van der Waals surface area contributed by atoms with Crippen molar-refractivity contribution in [2.24, 2.45) is 0 Å². The number of nitrogens with one attached hydrogen (secondary N) is 1. The van der Waals surface area contributed by atoms with Crippen molar-refractivity contribution in [2.75, 3.05) is 19.6 Å². The Balaban J connectivity index is 1.56. The fourth-order valence-corrected chi connectivity index (χ4v) is 3.99. The predicted molar refractivity (Wildman–Crippen MR) is 110 cm³/mol. The third-order valence-electron chi connectivity index (χ3n) is 5.16. The molecule has 6 heteroatoms. The van der Waals surface area contributed by atoms with Gasteiger partial charge in [0, 0.05) is 17.6 Å². The molecule has 0 spiro atoms. The van der Waals surface area contributed by atoms with Crippen LogP contribution in [0.5, 0.6) is 0 Å². The Bertz CT molecular complexity index is 1060. The summed E-state index contributed by atoms with van der Waals surface area (Å²) in [5.74, 6) is -0.387. The number of hydrogen-bond donors (Lipinski definition) is 1. The second-order valence-corrected chi connectivity index (χ2v) is 7.37. The Morgan fingerprint density at radius 3 is 2.61 bits per heavy atom. The second-order valence-electron chi connectivity index (χ2n) is 6.96. The van der Waals surface area contributed by atoms with E-state index in [2.05, 4.69) is 10.2 Å². The van der Waals surface area contributed by atoms with Crippen LogP contribution in [0.3, 0.4) is 0 Å². The molecule has 5 nitrogen and oxygen atoms in total. The molecule has 4 rings (SSSR count). The summed E-state index contributed by atoms with van der Waals surface area (Å²) in [4.78, 5) is 27.3. The van der Waals surface area contributed by atoms with Crippen LogP contribution in [0.1, 0.15) is 35.0 Å². The van der Waals surface area contributed by atoms with Crippen LogP contribution in [0.2, 0.25) is 5.02 Å². The highest BCUT2D eigenvalue weighted by Gasteiger charge is 2.26. The zero-order valence-electron chi connectivity index (χ0n) is 15.4. The number of hydrogen-bond acceptors (Lipinski definition) is 4. The molecule has 1 fully saturated rings. The van der Waals surface area contributed by atoms with Gasteiger partial charge in [-0.2, -0.15) is 0 Å². The Morgan fingerprint density at radius 1 is 1.11 bits per heavy atom. The summed E-state index contributed by atoms with van der Waals surface area (Å²) in [7, 11) is 0. The molecule has 3 aromatic rings. The molecule has 1 saturated heterocycles. The molecule has 1 N–H and O–H groups in total. The first-order valence-electron chi connectivity index (χ1n) is 9.43. The molecule has 1 aromatic heterocycles. The van der Waals surface area contributed by atoms with Gasteiger partial charge < -0.3 is 9.73 Å². The van der Waals surface area contributed by atoms with Crippen LogP contribution in [0.4, 0.5) is 0 Å². The van der Waals surface area contributed by atoms with Gasteiger partial charge >= 0.3 is 0 Å². The average Bonchev–Trinajstić information content (AvgIpc) is 3.24. The summed E-state index contributed by atoms with van der Waals surface area (Å²) in [6.45, 7) is 2.33. The first-order chi connectivity index (χ1) is 13.6. The second kappa shape index (κ2) is 8.17. The molecule has 2 heterocycles. The topological polar surface area (TPSA) is 62.6 Å². The van der Waals surface area contributed by atoms with Gasteiger partial charge in [0.05, 0.1) is 11.4 Å². The first kappa shape index (κ1) is 18.7. The van der Waals surface area contributed by atoms with Crippen molar-refractivity contribution in [2.45, 2.75) is 18.9 Å². The number of rotatable bonds is 5. The fraction of sp³-hybridized carbons (Fsp3) is 0.273. The SMILES string of the molecule is O=C(NC[C@@H](c1ccccc1Cl)N1CCCC1)c1cc(=O)c2ccccc2o1. The Morgan fingerprint density at radius 2 is 1.82 bits per heavy atom. The lowest BCUT2D eigenvalue weighted by Gasteiger charge is -2.28. The van der Waals surface area contributed by atoms with Crippen LogP contribution in [-0.4, -0.2) is 30.4 Å². The molecule has 0 radical (unpaired) electrons. The van der Waals surface area contributed by atoms with Gasteiger partial charge in [0.25, 0.3) is 5.91 Å². The van der Waals surface area contributed by atoms with Gasteiger partial charge in [0.15, 0.2) is 11.2 Å². The largest absolute Gasteiger partial charge is 0.451 e. The summed E-state index contributed by atoms with van der Waals surface area (Å²) >= 11 is 6.42. The predicted octanol–water partition coefficient (Wildman–Crippen LogP) is 4.01. The van der Waals surface area contributed by atoms with Crippen LogP contribution < -0.4 is 10.7 Å². The van der Waals surface area contributed by atoms with Crippen LogP contribution in [0.15, 0.2) is 63.8 Å². The van der Waals surface area contributed by atoms with Crippen molar-refractivity contribution >= 4 is 28.5 Å². The maximum atomic E-state index is 12.7. The molecular formula is C22H21ClN2O3. The Labute approximate surface area is 167 Å². The van der Waals surface area contributed by atoms with Crippen LogP contribution in [0, 0.1) is 0 Å². The van der Waals surface area contributed by atoms with E-state index in [9.17, 15) is 9.59 Å². The van der Waals surface area contributed by atoms with E-state index in [1.165, 1.54) is 6.07 Å². The molecule has 28 heavy (non-hydrogen) atoms. The summed E-state index contributed by atoms with van der Waals surface area (Å²) in [5.41, 5.74) is 1.17. The molecule has 1 amide bonds. The molecule has 0 unspecified atom stereocenters. The minimum absolute atomic E-state index is 0.0167. The third-order valence-corrected chi connectivity index (χ3v) is 5.50. The standard InChI is InChI=1S/C22H21ClN2O3/c23-17-9-3-1-7-15(17)18(25-11-5-6-12-25)14-24-22(27)21-13-19(26)16-8-2-4-10-20(16)28-21/h1-4,7-10,13,18H,5-6,11-12,14H2,(H,24,27)/t18-/m0/s1. The van der Waals surface area contributed by atoms with Gasteiger partial charge in [0.1, 0.15) is 5.58 Å². The van der Waals surface area contributed by atoms with E-state index in [1.807, 2.05) is 24.3 Å². The van der Waals surface area contributed by atoms with E-state index in [0.717, 1.165) is 31.5 Å². The van der Waals surface area contributed by atoms with Crippen molar-refractivity contribution in [3.05, 3.63) is 81.2 Å². The Hall–Kier alpha value is -2.63. The van der Waals surface area contributed by atoms with E-state index in [-0.39, 0.29) is 17.2 Å². The lowest BCUT2D eigenvalue weighted by Crippen LogP contribution is -2.37. The third kappa shape index (κ3) is 3.81. The van der Waals surface area contributed by atoms with Gasteiger partial charge in [-0.3, -0.25) is 14.5 Å². The summed E-state index contributed by atoms with van der Waals surface area (Å²) in [6, 6.07) is 15.8. The number of benzene rings is 2. The summed E-state index contributed by atoms with van der Waals surface area (Å²) in [6.07, 6.45) is 2.27. The smallest absolute Gasteiger partial charge is 0.287 e. The van der Waals surface area contributed by atoms with Crippen molar-refractivity contribution in [3.8, 4) is 0 Å². The molecule has 0 saturated carbocycles. The molecule has 0 bridgehead atoms. The molecule has 1 atom stereocenters. The van der Waals surface area contributed by atoms with E-state index >= 15 is 0 Å². The molecule has 0 aliphatic carbocycles. The van der Waals surface area contributed by atoms with Crippen molar-refractivity contribution < 1.29 is 9.21 Å².